The lowest BCUT2D eigenvalue weighted by molar-refractivity contribution is -0.437. The van der Waals surface area contributed by atoms with E-state index in [1.54, 1.807) is 39.2 Å². The van der Waals surface area contributed by atoms with Crippen LogP contribution < -0.4 is 30.9 Å². The second kappa shape index (κ2) is 34.9. The number of allylic oxidation sites excluding steroid dienone is 6. The molecule has 0 fully saturated rings. The summed E-state index contributed by atoms with van der Waals surface area (Å²) in [5, 5.41) is 10.3. The monoisotopic (exact) mass is 1390 g/mol. The molecule has 506 valence electrons. The fraction of sp³-hybridized carbons (Fsp3) is 0.414. The van der Waals surface area contributed by atoms with Gasteiger partial charge in [-0.2, -0.15) is 31.0 Å². The van der Waals surface area contributed by atoms with Gasteiger partial charge in [-0.3, -0.25) is 28.3 Å². The lowest BCUT2D eigenvalue weighted by Gasteiger charge is -2.27. The Hall–Kier alpha value is -8.54. The number of hydrogen-bond donors (Lipinski definition) is 6. The maximum atomic E-state index is 13.4. The van der Waals surface area contributed by atoms with Crippen molar-refractivity contribution in [1.29, 1.82) is 0 Å². The normalized spacial score (nSPS) is 14.1. The molecule has 35 heteroatoms. The maximum Gasteiger partial charge on any atom is 0.425 e. The van der Waals surface area contributed by atoms with Gasteiger partial charge in [0.25, 0.3) is 43.9 Å². The maximum absolute atomic E-state index is 13.4. The van der Waals surface area contributed by atoms with Crippen LogP contribution in [0.1, 0.15) is 133 Å². The molecule has 0 unspecified atom stereocenters. The summed E-state index contributed by atoms with van der Waals surface area (Å²) in [5.41, 5.74) is 6.12. The number of pyridine rings is 2. The van der Waals surface area contributed by atoms with Crippen LogP contribution in [0.4, 0.5) is 11.4 Å². The molecule has 0 radical (unpaired) electrons. The summed E-state index contributed by atoms with van der Waals surface area (Å²) in [6.07, 6.45) is 12.8. The standard InChI is InChI=1S/C57H72N8O14S3.CO2.2O3S/c1-10-13-17-23-65-49(57(7,8)42-30-38(35-47(79-9)51(42)65)40-33-43(52(66)58-11-2)62-44(34-40)53(67)59-12-3)20-16-14-15-19-48-56(5,6)41-29-37(28-36(4)50(41)64(48)24-18-25-80(70,71)72)39-31-45(54(68)60-21-26-81(73,74)75)63-46(32-39)55(69)61-22-27-82(76,77)78;2-1-3;2*1-4(2)3/h14-16,19-20,28-35H,10-13,17-18,21-27H2,1-9H3,(H6-,58,59,60,61,66,67,68,69,70,71,72,73,74,75,76,77,78);;;. The Bertz CT molecular complexity index is 4100. The SMILES string of the molecule is CCCCCN1/C(=C/C=C/C=C/C2=[N+](CCCS(=O)(=O)[O-])c3c(C)cc(-c4cc(C(=O)NCCS(=O)(=O)O)nc(C(=O)NCCS(=O)(=O)O)c4)cc3C2(C)C)C(C)(C)c2cc(-c3cc(C(=O)NCC)nc(C(=O)NCC)c3)cc(OC)c21.O=C=O.O=S(=O)=O.O=S(=O)=O. The number of carbonyl (C=O) groups is 4. The van der Waals surface area contributed by atoms with Gasteiger partial charge in [0.15, 0.2) is 5.71 Å². The van der Waals surface area contributed by atoms with Crippen LogP contribution in [0.3, 0.4) is 0 Å². The van der Waals surface area contributed by atoms with Crippen molar-refractivity contribution in [3.05, 3.63) is 124 Å². The number of rotatable bonds is 26. The predicted octanol–water partition coefficient (Wildman–Crippen LogP) is 3.57. The van der Waals surface area contributed by atoms with Gasteiger partial charge in [0.2, 0.25) is 5.69 Å². The molecule has 93 heavy (non-hydrogen) atoms. The Balaban J connectivity index is 0.00000190. The summed E-state index contributed by atoms with van der Waals surface area (Å²) in [6.45, 7) is 16.4. The minimum Gasteiger partial charge on any atom is -0.748 e. The number of aromatic nitrogens is 2. The molecule has 0 saturated heterocycles. The molecule has 2 aliphatic heterocycles. The van der Waals surface area contributed by atoms with Crippen LogP contribution in [0.25, 0.3) is 22.3 Å². The first kappa shape index (κ1) is 78.7. The van der Waals surface area contributed by atoms with Crippen molar-refractivity contribution in [3.63, 3.8) is 0 Å². The highest BCUT2D eigenvalue weighted by Crippen LogP contribution is 2.54. The van der Waals surface area contributed by atoms with Gasteiger partial charge >= 0.3 is 27.4 Å². The van der Waals surface area contributed by atoms with Crippen molar-refractivity contribution < 1.29 is 102 Å². The number of nitrogens with one attached hydrogen (secondary N) is 4. The van der Waals surface area contributed by atoms with E-state index in [9.17, 15) is 58.1 Å². The minimum absolute atomic E-state index is 0.00116. The highest BCUT2D eigenvalue weighted by Gasteiger charge is 2.46. The Labute approximate surface area is 541 Å². The summed E-state index contributed by atoms with van der Waals surface area (Å²) >= 11 is 0. The number of hydrogen-bond acceptors (Lipinski definition) is 23. The molecule has 0 spiro atoms. The summed E-state index contributed by atoms with van der Waals surface area (Å²) < 4.78 is 158. The number of aryl methyl sites for hydroxylation is 1. The minimum atomic E-state index is -4.57. The van der Waals surface area contributed by atoms with Crippen molar-refractivity contribution in [2.45, 2.75) is 91.9 Å². The highest BCUT2D eigenvalue weighted by molar-refractivity contribution is 7.86. The summed E-state index contributed by atoms with van der Waals surface area (Å²) in [7, 11) is -18.1. The molecule has 0 atom stereocenters. The van der Waals surface area contributed by atoms with E-state index in [1.165, 1.54) is 12.1 Å². The third-order valence-corrected chi connectivity index (χ3v) is 16.3. The molecule has 4 heterocycles. The average Bonchev–Trinajstić information content (AvgIpc) is 1.60. The van der Waals surface area contributed by atoms with E-state index >= 15 is 0 Å². The Morgan fingerprint density at radius 3 is 1.48 bits per heavy atom. The molecule has 0 saturated carbocycles. The molecule has 2 aliphatic rings. The molecule has 4 aromatic rings. The van der Waals surface area contributed by atoms with Gasteiger partial charge in [-0.1, -0.05) is 51.8 Å². The molecule has 0 aliphatic carbocycles. The van der Waals surface area contributed by atoms with Gasteiger partial charge in [-0.05, 0) is 123 Å². The number of benzene rings is 2. The van der Waals surface area contributed by atoms with Gasteiger partial charge in [-0.15, -0.1) is 25.3 Å². The smallest absolute Gasteiger partial charge is 0.425 e. The van der Waals surface area contributed by atoms with Gasteiger partial charge < -0.3 is 35.5 Å². The van der Waals surface area contributed by atoms with E-state index in [1.807, 2.05) is 61.8 Å². The Morgan fingerprint density at radius 1 is 0.634 bits per heavy atom. The summed E-state index contributed by atoms with van der Waals surface area (Å²) in [4.78, 5) is 80.1. The fourth-order valence-electron chi connectivity index (χ4n) is 10.1. The summed E-state index contributed by atoms with van der Waals surface area (Å²) in [5.74, 6) is -4.21. The van der Waals surface area contributed by atoms with Crippen molar-refractivity contribution >= 4 is 98.4 Å². The third kappa shape index (κ3) is 23.5. The first-order chi connectivity index (χ1) is 43.3. The first-order valence-corrected chi connectivity index (χ1v) is 35.0. The molecule has 2 aromatic carbocycles. The number of anilines is 1. The number of amides is 4. The van der Waals surface area contributed by atoms with Crippen molar-refractivity contribution in [1.82, 2.24) is 31.2 Å². The van der Waals surface area contributed by atoms with Gasteiger partial charge in [0.05, 0.1) is 39.8 Å². The van der Waals surface area contributed by atoms with E-state index in [0.29, 0.717) is 47.6 Å². The largest absolute Gasteiger partial charge is 0.748 e. The fourth-order valence-corrected chi connectivity index (χ4v) is 11.3. The second-order valence-corrected chi connectivity index (χ2v) is 26.9. The predicted molar refractivity (Wildman–Crippen MR) is 337 cm³/mol. The van der Waals surface area contributed by atoms with Crippen LogP contribution in [-0.4, -0.2) is 178 Å². The Morgan fingerprint density at radius 2 is 1.06 bits per heavy atom. The molecular formula is C58H72N8O22S5. The lowest BCUT2D eigenvalue weighted by atomic mass is 9.79. The van der Waals surface area contributed by atoms with E-state index in [-0.39, 0.29) is 41.9 Å². The number of methoxy groups -OCH3 is 1. The molecule has 6 N–H and O–H groups in total. The van der Waals surface area contributed by atoms with Crippen LogP contribution in [-0.2, 0) is 72.0 Å². The third-order valence-electron chi connectivity index (χ3n) is 14.0. The number of ether oxygens (including phenoxy) is 1. The quantitative estimate of drug-likeness (QED) is 0.0226. The number of fused-ring (bicyclic) bond motifs is 2. The molecule has 0 bridgehead atoms. The van der Waals surface area contributed by atoms with Crippen molar-refractivity contribution in [2.24, 2.45) is 0 Å². The molecule has 6 rings (SSSR count). The van der Waals surface area contributed by atoms with E-state index in [4.69, 9.17) is 39.6 Å². The van der Waals surface area contributed by atoms with Gasteiger partial charge in [-0.25, -0.2) is 18.4 Å². The molecule has 30 nitrogen and oxygen atoms in total. The number of nitrogens with zero attached hydrogens (tertiary/aromatic N) is 4. The first-order valence-electron chi connectivity index (χ1n) is 28.2. The van der Waals surface area contributed by atoms with Crippen LogP contribution in [0.2, 0.25) is 0 Å². The van der Waals surface area contributed by atoms with Crippen LogP contribution in [0.15, 0.2) is 84.6 Å². The lowest BCUT2D eigenvalue weighted by Crippen LogP contribution is -2.32. The zero-order valence-corrected chi connectivity index (χ0v) is 56.2. The van der Waals surface area contributed by atoms with Gasteiger partial charge in [0, 0.05) is 73.2 Å². The van der Waals surface area contributed by atoms with E-state index in [0.717, 1.165) is 58.7 Å². The number of unbranched alkanes of at least 4 members (excludes halogenated alkanes) is 2. The van der Waals surface area contributed by atoms with E-state index in [2.05, 4.69) is 69.0 Å². The second-order valence-electron chi connectivity index (χ2n) is 21.4. The van der Waals surface area contributed by atoms with E-state index < -0.39 is 116 Å². The molecule has 2 aromatic heterocycles. The van der Waals surface area contributed by atoms with Crippen LogP contribution >= 0.6 is 0 Å². The van der Waals surface area contributed by atoms with Crippen LogP contribution in [0, 0.1) is 6.92 Å². The van der Waals surface area contributed by atoms with Gasteiger partial charge in [0.1, 0.15) is 35.1 Å². The Kier molecular flexibility index (Phi) is 29.6. The van der Waals surface area contributed by atoms with Crippen LogP contribution in [0.5, 0.6) is 5.75 Å². The average molecular weight is 1390 g/mol. The zero-order chi connectivity index (χ0) is 70.4. The highest BCUT2D eigenvalue weighted by atomic mass is 32.2. The zero-order valence-electron chi connectivity index (χ0n) is 52.1. The van der Waals surface area contributed by atoms with Crippen molar-refractivity contribution in [2.75, 3.05) is 68.5 Å². The van der Waals surface area contributed by atoms with Crippen molar-refractivity contribution in [3.8, 4) is 28.0 Å². The number of carbonyl (C=O) groups excluding carboxylic acids is 6. The molecular weight excluding hydrogens is 1320 g/mol. The summed E-state index contributed by atoms with van der Waals surface area (Å²) in [6, 6.07) is 13.7. The molecule has 4 amide bonds. The topological polar surface area (TPSA) is 460 Å².